The number of benzene rings is 2. The standard InChI is InChI=1S/C24H27FN4O5/c25-19-4-1-17(2-5-19)23(31)26-20-15-18(24(32)33)3-6-21(20)28-9-7-27(8-10-28)16-22(30)29-11-13-34-14-12-29/h1-6,15H,7-14,16H2,(H,26,31)(H,32,33). The highest BCUT2D eigenvalue weighted by molar-refractivity contribution is 6.06. The zero-order valence-electron chi connectivity index (χ0n) is 18.7. The Bertz CT molecular complexity index is 1050. The lowest BCUT2D eigenvalue weighted by Crippen LogP contribution is -2.51. The molecule has 9 nitrogen and oxygen atoms in total. The molecule has 0 radical (unpaired) electrons. The van der Waals surface area contributed by atoms with Gasteiger partial charge in [0.05, 0.1) is 36.7 Å². The van der Waals surface area contributed by atoms with Crippen molar-refractivity contribution in [3.63, 3.8) is 0 Å². The number of amides is 2. The van der Waals surface area contributed by atoms with Gasteiger partial charge in [-0.25, -0.2) is 9.18 Å². The van der Waals surface area contributed by atoms with Crippen molar-refractivity contribution in [2.45, 2.75) is 0 Å². The van der Waals surface area contributed by atoms with E-state index in [1.165, 1.54) is 36.4 Å². The summed E-state index contributed by atoms with van der Waals surface area (Å²) in [7, 11) is 0. The van der Waals surface area contributed by atoms with E-state index < -0.39 is 17.7 Å². The van der Waals surface area contributed by atoms with Gasteiger partial charge >= 0.3 is 5.97 Å². The van der Waals surface area contributed by atoms with E-state index in [-0.39, 0.29) is 17.0 Å². The van der Waals surface area contributed by atoms with E-state index in [0.717, 1.165) is 0 Å². The fourth-order valence-electron chi connectivity index (χ4n) is 4.09. The van der Waals surface area contributed by atoms with Crippen LogP contribution in [-0.2, 0) is 9.53 Å². The molecule has 2 aliphatic rings. The maximum atomic E-state index is 13.2. The molecule has 10 heteroatoms. The largest absolute Gasteiger partial charge is 0.478 e. The van der Waals surface area contributed by atoms with Gasteiger partial charge in [-0.2, -0.15) is 0 Å². The van der Waals surface area contributed by atoms with E-state index in [4.69, 9.17) is 4.74 Å². The molecule has 2 N–H and O–H groups in total. The third-order valence-corrected chi connectivity index (χ3v) is 6.03. The molecule has 0 unspecified atom stereocenters. The molecule has 2 aliphatic heterocycles. The highest BCUT2D eigenvalue weighted by Crippen LogP contribution is 2.29. The fraction of sp³-hybridized carbons (Fsp3) is 0.375. The highest BCUT2D eigenvalue weighted by Gasteiger charge is 2.25. The Morgan fingerprint density at radius 2 is 1.56 bits per heavy atom. The van der Waals surface area contributed by atoms with E-state index >= 15 is 0 Å². The summed E-state index contributed by atoms with van der Waals surface area (Å²) >= 11 is 0. The Labute approximate surface area is 196 Å². The van der Waals surface area contributed by atoms with Crippen molar-refractivity contribution in [3.8, 4) is 0 Å². The number of carbonyl (C=O) groups excluding carboxylic acids is 2. The predicted molar refractivity (Wildman–Crippen MR) is 124 cm³/mol. The summed E-state index contributed by atoms with van der Waals surface area (Å²) < 4.78 is 18.5. The van der Waals surface area contributed by atoms with Crippen molar-refractivity contribution in [1.82, 2.24) is 9.80 Å². The quantitative estimate of drug-likeness (QED) is 0.663. The molecular formula is C24H27FN4O5. The van der Waals surface area contributed by atoms with Crippen LogP contribution in [0.3, 0.4) is 0 Å². The van der Waals surface area contributed by atoms with Crippen LogP contribution in [0.2, 0.25) is 0 Å². The first-order chi connectivity index (χ1) is 16.4. The first-order valence-corrected chi connectivity index (χ1v) is 11.2. The zero-order chi connectivity index (χ0) is 24.1. The van der Waals surface area contributed by atoms with Gasteiger partial charge in [-0.3, -0.25) is 14.5 Å². The molecule has 2 aromatic rings. The third kappa shape index (κ3) is 5.70. The predicted octanol–water partition coefficient (Wildman–Crippen LogP) is 1.76. The van der Waals surface area contributed by atoms with Gasteiger partial charge in [-0.05, 0) is 42.5 Å². The van der Waals surface area contributed by atoms with Crippen LogP contribution in [0.5, 0.6) is 0 Å². The smallest absolute Gasteiger partial charge is 0.335 e. The Hall–Kier alpha value is -3.50. The second kappa shape index (κ2) is 10.6. The summed E-state index contributed by atoms with van der Waals surface area (Å²) in [6.45, 7) is 5.25. The van der Waals surface area contributed by atoms with E-state index in [1.807, 2.05) is 4.90 Å². The number of hydrogen-bond donors (Lipinski definition) is 2. The first kappa shape index (κ1) is 23.7. The summed E-state index contributed by atoms with van der Waals surface area (Å²) in [5.41, 5.74) is 1.37. The van der Waals surface area contributed by atoms with Gasteiger partial charge in [0.25, 0.3) is 5.91 Å². The Morgan fingerprint density at radius 1 is 0.912 bits per heavy atom. The molecular weight excluding hydrogens is 443 g/mol. The van der Waals surface area contributed by atoms with Gasteiger partial charge in [0, 0.05) is 44.8 Å². The summed E-state index contributed by atoms with van der Waals surface area (Å²) in [6, 6.07) is 9.73. The fourth-order valence-corrected chi connectivity index (χ4v) is 4.09. The highest BCUT2D eigenvalue weighted by atomic mass is 19.1. The van der Waals surface area contributed by atoms with Gasteiger partial charge in [-0.15, -0.1) is 0 Å². The number of nitrogens with zero attached hydrogens (tertiary/aromatic N) is 3. The third-order valence-electron chi connectivity index (χ3n) is 6.03. The number of carbonyl (C=O) groups is 3. The van der Waals surface area contributed by atoms with Crippen LogP contribution in [0.1, 0.15) is 20.7 Å². The second-order valence-corrected chi connectivity index (χ2v) is 8.25. The van der Waals surface area contributed by atoms with E-state index in [2.05, 4.69) is 15.1 Å². The number of rotatable bonds is 6. The van der Waals surface area contributed by atoms with Crippen LogP contribution in [-0.4, -0.2) is 91.7 Å². The number of nitrogens with one attached hydrogen (secondary N) is 1. The molecule has 2 heterocycles. The molecule has 2 aromatic carbocycles. The van der Waals surface area contributed by atoms with Crippen molar-refractivity contribution in [3.05, 3.63) is 59.4 Å². The number of ether oxygens (including phenoxy) is 1. The van der Waals surface area contributed by atoms with Gasteiger partial charge in [0.15, 0.2) is 0 Å². The molecule has 0 spiro atoms. The Kier molecular flexibility index (Phi) is 7.39. The Morgan fingerprint density at radius 3 is 2.21 bits per heavy atom. The molecule has 0 aliphatic carbocycles. The Balaban J connectivity index is 1.44. The molecule has 0 saturated carbocycles. The normalized spacial score (nSPS) is 16.9. The van der Waals surface area contributed by atoms with Gasteiger partial charge in [-0.1, -0.05) is 0 Å². The van der Waals surface area contributed by atoms with E-state index in [1.54, 1.807) is 6.07 Å². The lowest BCUT2D eigenvalue weighted by Gasteiger charge is -2.37. The van der Waals surface area contributed by atoms with Crippen molar-refractivity contribution < 1.29 is 28.6 Å². The minimum absolute atomic E-state index is 0.0490. The SMILES string of the molecule is O=C(O)c1ccc(N2CCN(CC(=O)N3CCOCC3)CC2)c(NC(=O)c2ccc(F)cc2)c1. The maximum Gasteiger partial charge on any atom is 0.335 e. The molecule has 34 heavy (non-hydrogen) atoms. The number of halogens is 1. The van der Waals surface area contributed by atoms with Crippen molar-refractivity contribution >= 4 is 29.2 Å². The van der Waals surface area contributed by atoms with Gasteiger partial charge < -0.3 is 25.0 Å². The lowest BCUT2D eigenvalue weighted by molar-refractivity contribution is -0.136. The van der Waals surface area contributed by atoms with Crippen molar-refractivity contribution in [2.24, 2.45) is 0 Å². The minimum Gasteiger partial charge on any atom is -0.478 e. The van der Waals surface area contributed by atoms with Crippen LogP contribution >= 0.6 is 0 Å². The van der Waals surface area contributed by atoms with Crippen LogP contribution in [0.15, 0.2) is 42.5 Å². The number of piperazine rings is 1. The molecule has 2 fully saturated rings. The molecule has 0 bridgehead atoms. The number of anilines is 2. The first-order valence-electron chi connectivity index (χ1n) is 11.2. The number of morpholine rings is 1. The zero-order valence-corrected chi connectivity index (χ0v) is 18.7. The number of carboxylic acids is 1. The number of hydrogen-bond acceptors (Lipinski definition) is 6. The van der Waals surface area contributed by atoms with E-state index in [9.17, 15) is 23.9 Å². The molecule has 0 aromatic heterocycles. The number of aromatic carboxylic acids is 1. The average Bonchev–Trinajstić information content (AvgIpc) is 2.85. The second-order valence-electron chi connectivity index (χ2n) is 8.25. The lowest BCUT2D eigenvalue weighted by atomic mass is 10.1. The van der Waals surface area contributed by atoms with Crippen molar-refractivity contribution in [1.29, 1.82) is 0 Å². The van der Waals surface area contributed by atoms with Crippen LogP contribution < -0.4 is 10.2 Å². The van der Waals surface area contributed by atoms with E-state index in [0.29, 0.717) is 70.4 Å². The van der Waals surface area contributed by atoms with Gasteiger partial charge in [0.1, 0.15) is 5.82 Å². The topological polar surface area (TPSA) is 102 Å². The van der Waals surface area contributed by atoms with Crippen LogP contribution in [0.25, 0.3) is 0 Å². The molecule has 180 valence electrons. The number of carboxylic acid groups (broad SMARTS) is 1. The summed E-state index contributed by atoms with van der Waals surface area (Å²) in [6.07, 6.45) is 0. The molecule has 4 rings (SSSR count). The summed E-state index contributed by atoms with van der Waals surface area (Å²) in [5, 5.41) is 12.2. The molecule has 0 atom stereocenters. The van der Waals surface area contributed by atoms with Crippen LogP contribution in [0, 0.1) is 5.82 Å². The average molecular weight is 471 g/mol. The molecule has 2 amide bonds. The van der Waals surface area contributed by atoms with Gasteiger partial charge in [0.2, 0.25) is 5.91 Å². The van der Waals surface area contributed by atoms with Crippen LogP contribution in [0.4, 0.5) is 15.8 Å². The van der Waals surface area contributed by atoms with Crippen molar-refractivity contribution in [2.75, 3.05) is 69.2 Å². The minimum atomic E-state index is -1.10. The molecule has 2 saturated heterocycles. The monoisotopic (exact) mass is 470 g/mol. The summed E-state index contributed by atoms with van der Waals surface area (Å²) in [5.74, 6) is -1.92. The maximum absolute atomic E-state index is 13.2. The summed E-state index contributed by atoms with van der Waals surface area (Å²) in [4.78, 5) is 42.7.